The van der Waals surface area contributed by atoms with Crippen LogP contribution in [0.1, 0.15) is 43.9 Å². The van der Waals surface area contributed by atoms with Gasteiger partial charge >= 0.3 is 5.97 Å². The fourth-order valence-corrected chi connectivity index (χ4v) is 4.20. The number of hydrogen-bond donors (Lipinski definition) is 0. The van der Waals surface area contributed by atoms with E-state index in [9.17, 15) is 4.79 Å². The van der Waals surface area contributed by atoms with Gasteiger partial charge in [-0.3, -0.25) is 4.79 Å². The average Bonchev–Trinajstić information content (AvgIpc) is 3.36. The van der Waals surface area contributed by atoms with Crippen LogP contribution in [0.5, 0.6) is 0 Å². The number of rotatable bonds is 8. The number of hydrogen-bond acceptors (Lipinski definition) is 3. The molecule has 1 unspecified atom stereocenters. The number of esters is 1. The molecule has 1 aromatic heterocycles. The highest BCUT2D eigenvalue weighted by Gasteiger charge is 2.18. The van der Waals surface area contributed by atoms with Gasteiger partial charge in [-0.2, -0.15) is 11.3 Å². The smallest absolute Gasteiger partial charge is 0.309 e. The molecule has 3 heteroatoms. The molecule has 0 fully saturated rings. The van der Waals surface area contributed by atoms with Crippen molar-refractivity contribution in [1.82, 2.24) is 0 Å². The second-order valence-corrected chi connectivity index (χ2v) is 10.1. The van der Waals surface area contributed by atoms with E-state index in [0.717, 1.165) is 16.7 Å². The molecule has 0 aliphatic carbocycles. The van der Waals surface area contributed by atoms with Crippen molar-refractivity contribution in [2.75, 3.05) is 7.11 Å². The molecule has 0 saturated heterocycles. The van der Waals surface area contributed by atoms with Crippen molar-refractivity contribution in [2.45, 2.75) is 33.6 Å². The summed E-state index contributed by atoms with van der Waals surface area (Å²) in [5, 5.41) is 4.26. The van der Waals surface area contributed by atoms with Crippen LogP contribution in [0.25, 0.3) is 23.3 Å². The first-order valence-electron chi connectivity index (χ1n) is 11.5. The van der Waals surface area contributed by atoms with Crippen molar-refractivity contribution in [3.63, 3.8) is 0 Å². The zero-order chi connectivity index (χ0) is 24.4. The third-order valence-electron chi connectivity index (χ3n) is 5.25. The molecule has 0 bridgehead atoms. The molecule has 2 aromatic carbocycles. The maximum atomic E-state index is 12.4. The molecule has 0 amide bonds. The van der Waals surface area contributed by atoms with Gasteiger partial charge in [0, 0.05) is 5.41 Å². The zero-order valence-corrected chi connectivity index (χ0v) is 21.2. The quantitative estimate of drug-likeness (QED) is 0.191. The second-order valence-electron chi connectivity index (χ2n) is 9.30. The number of methoxy groups -OCH3 is 1. The summed E-state index contributed by atoms with van der Waals surface area (Å²) in [6.07, 6.45) is 9.27. The lowest BCUT2D eigenvalue weighted by molar-refractivity contribution is -0.145. The lowest BCUT2D eigenvalue weighted by atomic mass is 9.94. The molecule has 0 radical (unpaired) electrons. The predicted octanol–water partition coefficient (Wildman–Crippen LogP) is 7.91. The SMILES string of the molecule is COC(=O)C(CC=CC#CC(C)(C)C)Cc1cccc(C=Cc2cccc(-c3ccsc3)c2)c1. The van der Waals surface area contributed by atoms with Gasteiger partial charge in [0.05, 0.1) is 13.0 Å². The molecular weight excluding hydrogens is 436 g/mol. The van der Waals surface area contributed by atoms with Crippen LogP contribution in [0.3, 0.4) is 0 Å². The molecule has 3 rings (SSSR count). The number of carbonyl (C=O) groups excluding carboxylic acids is 1. The fraction of sp³-hybridized carbons (Fsp3) is 0.258. The van der Waals surface area contributed by atoms with E-state index < -0.39 is 0 Å². The molecule has 2 nitrogen and oxygen atoms in total. The van der Waals surface area contributed by atoms with Crippen molar-refractivity contribution < 1.29 is 9.53 Å². The highest BCUT2D eigenvalue weighted by molar-refractivity contribution is 7.08. The Morgan fingerprint density at radius 3 is 2.44 bits per heavy atom. The maximum Gasteiger partial charge on any atom is 0.309 e. The molecule has 0 N–H and O–H groups in total. The maximum absolute atomic E-state index is 12.4. The first kappa shape index (κ1) is 25.3. The Morgan fingerprint density at radius 2 is 1.76 bits per heavy atom. The standard InChI is InChI=1S/C31H32O2S/c1-31(2,3)18-7-5-6-13-28(30(32)33-4)22-26-12-8-10-24(20-26)15-16-25-11-9-14-27(21-25)29-17-19-34-23-29/h5-6,8-12,14-17,19-21,23,28H,13,22H2,1-4H3. The van der Waals surface area contributed by atoms with E-state index in [-0.39, 0.29) is 17.3 Å². The van der Waals surface area contributed by atoms with E-state index in [1.807, 2.05) is 18.2 Å². The first-order valence-corrected chi connectivity index (χ1v) is 12.4. The molecule has 1 heterocycles. The molecule has 0 aliphatic heterocycles. The average molecular weight is 469 g/mol. The van der Waals surface area contributed by atoms with Crippen LogP contribution in [0.2, 0.25) is 0 Å². The van der Waals surface area contributed by atoms with Crippen molar-refractivity contribution in [3.05, 3.63) is 94.2 Å². The third-order valence-corrected chi connectivity index (χ3v) is 5.93. The highest BCUT2D eigenvalue weighted by Crippen LogP contribution is 2.24. The molecule has 0 spiro atoms. The van der Waals surface area contributed by atoms with Gasteiger partial charge in [-0.25, -0.2) is 0 Å². The van der Waals surface area contributed by atoms with Crippen LogP contribution in [0.15, 0.2) is 77.5 Å². The molecule has 174 valence electrons. The number of thiophene rings is 1. The van der Waals surface area contributed by atoms with E-state index in [4.69, 9.17) is 4.74 Å². The van der Waals surface area contributed by atoms with E-state index in [2.05, 4.69) is 104 Å². The van der Waals surface area contributed by atoms with Crippen LogP contribution < -0.4 is 0 Å². The van der Waals surface area contributed by atoms with E-state index in [1.54, 1.807) is 11.3 Å². The minimum atomic E-state index is -0.237. The monoisotopic (exact) mass is 468 g/mol. The lowest BCUT2D eigenvalue weighted by Crippen LogP contribution is -2.18. The molecule has 0 saturated carbocycles. The molecule has 1 atom stereocenters. The van der Waals surface area contributed by atoms with Crippen molar-refractivity contribution >= 4 is 29.5 Å². The Bertz CT molecular complexity index is 1200. The summed E-state index contributed by atoms with van der Waals surface area (Å²) < 4.78 is 5.05. The van der Waals surface area contributed by atoms with Crippen LogP contribution in [-0.2, 0) is 16.0 Å². The van der Waals surface area contributed by atoms with Crippen LogP contribution in [-0.4, -0.2) is 13.1 Å². The van der Waals surface area contributed by atoms with Crippen molar-refractivity contribution in [3.8, 4) is 23.0 Å². The molecule has 0 aliphatic rings. The van der Waals surface area contributed by atoms with E-state index in [0.29, 0.717) is 12.8 Å². The third kappa shape index (κ3) is 8.21. The van der Waals surface area contributed by atoms with Gasteiger partial charge in [0.25, 0.3) is 0 Å². The summed E-state index contributed by atoms with van der Waals surface area (Å²) in [4.78, 5) is 12.4. The summed E-state index contributed by atoms with van der Waals surface area (Å²) >= 11 is 1.71. The largest absolute Gasteiger partial charge is 0.469 e. The van der Waals surface area contributed by atoms with Gasteiger partial charge in [0.1, 0.15) is 0 Å². The summed E-state index contributed by atoms with van der Waals surface area (Å²) in [5.41, 5.74) is 5.80. The molecule has 3 aromatic rings. The number of ether oxygens (including phenoxy) is 1. The van der Waals surface area contributed by atoms with Gasteiger partial charge < -0.3 is 4.74 Å². The number of carbonyl (C=O) groups is 1. The second kappa shape index (κ2) is 12.2. The fourth-order valence-electron chi connectivity index (χ4n) is 3.53. The zero-order valence-electron chi connectivity index (χ0n) is 20.4. The summed E-state index contributed by atoms with van der Waals surface area (Å²) in [5.74, 6) is 5.81. The minimum absolute atomic E-state index is 0.0364. The lowest BCUT2D eigenvalue weighted by Gasteiger charge is -2.13. The van der Waals surface area contributed by atoms with Crippen molar-refractivity contribution in [2.24, 2.45) is 11.3 Å². The highest BCUT2D eigenvalue weighted by atomic mass is 32.1. The molecular formula is C31H32O2S. The Balaban J connectivity index is 1.69. The van der Waals surface area contributed by atoms with Gasteiger partial charge in [0.2, 0.25) is 0 Å². The van der Waals surface area contributed by atoms with E-state index in [1.165, 1.54) is 18.2 Å². The van der Waals surface area contributed by atoms with Gasteiger partial charge in [0.15, 0.2) is 0 Å². The Morgan fingerprint density at radius 1 is 1.03 bits per heavy atom. The van der Waals surface area contributed by atoms with Crippen molar-refractivity contribution in [1.29, 1.82) is 0 Å². The molecule has 34 heavy (non-hydrogen) atoms. The van der Waals surface area contributed by atoms with Crippen LogP contribution in [0, 0.1) is 23.2 Å². The van der Waals surface area contributed by atoms with Gasteiger partial charge in [-0.15, -0.1) is 0 Å². The van der Waals surface area contributed by atoms with Crippen LogP contribution in [0.4, 0.5) is 0 Å². The summed E-state index contributed by atoms with van der Waals surface area (Å²) in [7, 11) is 1.45. The van der Waals surface area contributed by atoms with Gasteiger partial charge in [-0.1, -0.05) is 72.5 Å². The summed E-state index contributed by atoms with van der Waals surface area (Å²) in [6.45, 7) is 6.23. The number of allylic oxidation sites excluding steroid dienone is 2. The minimum Gasteiger partial charge on any atom is -0.469 e. The van der Waals surface area contributed by atoms with Crippen LogP contribution >= 0.6 is 11.3 Å². The Labute approximate surface area is 208 Å². The normalized spacial score (nSPS) is 12.5. The Kier molecular flexibility index (Phi) is 9.08. The Hall–Kier alpha value is -3.35. The predicted molar refractivity (Wildman–Crippen MR) is 145 cm³/mol. The van der Waals surface area contributed by atoms with E-state index >= 15 is 0 Å². The summed E-state index contributed by atoms with van der Waals surface area (Å²) in [6, 6.07) is 19.0. The number of benzene rings is 2. The first-order chi connectivity index (χ1) is 16.3. The van der Waals surface area contributed by atoms with Gasteiger partial charge in [-0.05, 0) is 90.4 Å². The topological polar surface area (TPSA) is 26.3 Å².